The minimum Gasteiger partial charge on any atom is -0.452 e. The molecule has 0 radical (unpaired) electrons. The van der Waals surface area contributed by atoms with E-state index in [9.17, 15) is 9.59 Å². The number of hydrogen-bond donors (Lipinski definition) is 1. The quantitative estimate of drug-likeness (QED) is 0.613. The number of carbonyl (C=O) groups excluding carboxylic acids is 2. The van der Waals surface area contributed by atoms with Gasteiger partial charge in [0.15, 0.2) is 0 Å². The number of carbonyl (C=O) groups is 2. The van der Waals surface area contributed by atoms with E-state index in [1.54, 1.807) is 9.80 Å². The summed E-state index contributed by atoms with van der Waals surface area (Å²) in [4.78, 5) is 28.7. The molecular formula is C25H39N3O5. The molecule has 3 atom stereocenters. The summed E-state index contributed by atoms with van der Waals surface area (Å²) in [5, 5.41) is 3.67. The molecule has 1 N–H and O–H groups in total. The molecule has 0 bridgehead atoms. The van der Waals surface area contributed by atoms with Crippen LogP contribution in [0.1, 0.15) is 58.9 Å². The minimum atomic E-state index is -0.434. The molecule has 0 spiro atoms. The van der Waals surface area contributed by atoms with Gasteiger partial charge in [0, 0.05) is 18.5 Å². The topological polar surface area (TPSA) is 80.3 Å². The SMILES string of the molecule is CCC(CNC(C)CC1COC1)c1ccc2c(c1)N(C(=O)OC(C)C)C[C@H](C)N2C(=O)OC. The van der Waals surface area contributed by atoms with Gasteiger partial charge in [-0.3, -0.25) is 9.80 Å². The molecule has 2 aliphatic rings. The van der Waals surface area contributed by atoms with E-state index in [4.69, 9.17) is 14.2 Å². The van der Waals surface area contributed by atoms with E-state index in [1.165, 1.54) is 7.11 Å². The molecule has 3 rings (SSSR count). The fourth-order valence-corrected chi connectivity index (χ4v) is 4.56. The zero-order valence-electron chi connectivity index (χ0n) is 20.8. The lowest BCUT2D eigenvalue weighted by molar-refractivity contribution is -0.0389. The third-order valence-electron chi connectivity index (χ3n) is 6.44. The maximum absolute atomic E-state index is 12.9. The Morgan fingerprint density at radius 1 is 1.18 bits per heavy atom. The number of anilines is 2. The van der Waals surface area contributed by atoms with Gasteiger partial charge in [0.05, 0.1) is 50.4 Å². The highest BCUT2D eigenvalue weighted by molar-refractivity contribution is 6.00. The van der Waals surface area contributed by atoms with E-state index in [1.807, 2.05) is 32.9 Å². The van der Waals surface area contributed by atoms with Crippen LogP contribution in [0.4, 0.5) is 21.0 Å². The van der Waals surface area contributed by atoms with Crippen LogP contribution in [0.25, 0.3) is 0 Å². The lowest BCUT2D eigenvalue weighted by atomic mass is 9.93. The molecule has 0 aliphatic carbocycles. The molecule has 0 saturated carbocycles. The first-order chi connectivity index (χ1) is 15.7. The Morgan fingerprint density at radius 2 is 1.91 bits per heavy atom. The van der Waals surface area contributed by atoms with E-state index in [0.29, 0.717) is 29.9 Å². The van der Waals surface area contributed by atoms with Crippen molar-refractivity contribution in [2.75, 3.05) is 43.2 Å². The van der Waals surface area contributed by atoms with E-state index >= 15 is 0 Å². The zero-order valence-corrected chi connectivity index (χ0v) is 20.8. The summed E-state index contributed by atoms with van der Waals surface area (Å²) in [5.74, 6) is 0.937. The monoisotopic (exact) mass is 461 g/mol. The van der Waals surface area contributed by atoms with Crippen molar-refractivity contribution in [2.24, 2.45) is 5.92 Å². The molecule has 1 aromatic carbocycles. The van der Waals surface area contributed by atoms with E-state index < -0.39 is 12.2 Å². The summed E-state index contributed by atoms with van der Waals surface area (Å²) < 4.78 is 15.8. The Labute approximate surface area is 197 Å². The maximum atomic E-state index is 12.9. The molecule has 184 valence electrons. The molecule has 8 nitrogen and oxygen atoms in total. The van der Waals surface area contributed by atoms with Crippen molar-refractivity contribution in [1.82, 2.24) is 5.32 Å². The van der Waals surface area contributed by atoms with Crippen LogP contribution in [-0.4, -0.2) is 63.8 Å². The van der Waals surface area contributed by atoms with Crippen LogP contribution < -0.4 is 15.1 Å². The third-order valence-corrected chi connectivity index (χ3v) is 6.44. The summed E-state index contributed by atoms with van der Waals surface area (Å²) >= 11 is 0. The van der Waals surface area contributed by atoms with Crippen molar-refractivity contribution in [3.63, 3.8) is 0 Å². The zero-order chi connectivity index (χ0) is 24.1. The Morgan fingerprint density at radius 3 is 2.48 bits per heavy atom. The number of methoxy groups -OCH3 is 1. The molecule has 2 aliphatic heterocycles. The number of rotatable bonds is 8. The highest BCUT2D eigenvalue weighted by Crippen LogP contribution is 2.39. The Bertz CT molecular complexity index is 826. The van der Waals surface area contributed by atoms with Crippen molar-refractivity contribution < 1.29 is 23.8 Å². The van der Waals surface area contributed by atoms with Crippen molar-refractivity contribution >= 4 is 23.6 Å². The molecular weight excluding hydrogens is 422 g/mol. The standard InChI is InChI=1S/C25H39N3O5/c1-7-20(12-26-17(4)10-19-14-32-15-19)21-8-9-22-23(11-21)27(24(29)33-16(2)3)13-18(5)28(22)25(30)31-6/h8-9,11,16-20,26H,7,10,12-15H2,1-6H3/t17?,18-,20?/m0/s1. The van der Waals surface area contributed by atoms with E-state index in [2.05, 4.69) is 25.2 Å². The lowest BCUT2D eigenvalue weighted by Gasteiger charge is -2.40. The number of nitrogens with zero attached hydrogens (tertiary/aromatic N) is 2. The molecule has 33 heavy (non-hydrogen) atoms. The Hall–Kier alpha value is -2.32. The molecule has 8 heteroatoms. The predicted molar refractivity (Wildman–Crippen MR) is 129 cm³/mol. The maximum Gasteiger partial charge on any atom is 0.414 e. The van der Waals surface area contributed by atoms with Crippen LogP contribution in [0.15, 0.2) is 18.2 Å². The van der Waals surface area contributed by atoms with Crippen molar-refractivity contribution in [3.05, 3.63) is 23.8 Å². The lowest BCUT2D eigenvalue weighted by Crippen LogP contribution is -2.52. The van der Waals surface area contributed by atoms with Crippen molar-refractivity contribution in [2.45, 2.75) is 71.6 Å². The van der Waals surface area contributed by atoms with Gasteiger partial charge in [-0.25, -0.2) is 9.59 Å². The molecule has 2 heterocycles. The summed E-state index contributed by atoms with van der Waals surface area (Å²) in [6.07, 6.45) is 1.01. The van der Waals surface area contributed by atoms with Gasteiger partial charge in [-0.2, -0.15) is 0 Å². The second-order valence-electron chi connectivity index (χ2n) is 9.53. The second-order valence-corrected chi connectivity index (χ2v) is 9.53. The van der Waals surface area contributed by atoms with Crippen LogP contribution >= 0.6 is 0 Å². The van der Waals surface area contributed by atoms with Crippen LogP contribution in [0, 0.1) is 5.92 Å². The molecule has 1 aromatic rings. The van der Waals surface area contributed by atoms with Crippen LogP contribution in [-0.2, 0) is 14.2 Å². The largest absolute Gasteiger partial charge is 0.452 e. The van der Waals surface area contributed by atoms with Gasteiger partial charge in [-0.1, -0.05) is 13.0 Å². The van der Waals surface area contributed by atoms with E-state index in [-0.39, 0.29) is 18.1 Å². The number of ether oxygens (including phenoxy) is 3. The van der Waals surface area contributed by atoms with Crippen molar-refractivity contribution in [1.29, 1.82) is 0 Å². The average Bonchev–Trinajstić information content (AvgIpc) is 2.75. The van der Waals surface area contributed by atoms with Crippen LogP contribution in [0.3, 0.4) is 0 Å². The fraction of sp³-hybridized carbons (Fsp3) is 0.680. The average molecular weight is 462 g/mol. The van der Waals surface area contributed by atoms with E-state index in [0.717, 1.165) is 38.2 Å². The van der Waals surface area contributed by atoms with Gasteiger partial charge in [-0.05, 0) is 64.2 Å². The highest BCUT2D eigenvalue weighted by atomic mass is 16.6. The normalized spacial score (nSPS) is 20.2. The highest BCUT2D eigenvalue weighted by Gasteiger charge is 2.37. The van der Waals surface area contributed by atoms with Crippen LogP contribution in [0.5, 0.6) is 0 Å². The van der Waals surface area contributed by atoms with Gasteiger partial charge in [0.1, 0.15) is 0 Å². The molecule has 1 saturated heterocycles. The van der Waals surface area contributed by atoms with Crippen LogP contribution in [0.2, 0.25) is 0 Å². The van der Waals surface area contributed by atoms with Gasteiger partial charge in [-0.15, -0.1) is 0 Å². The number of fused-ring (bicyclic) bond motifs is 1. The number of hydrogen-bond acceptors (Lipinski definition) is 6. The predicted octanol–water partition coefficient (Wildman–Crippen LogP) is 4.52. The molecule has 1 fully saturated rings. The summed E-state index contributed by atoms with van der Waals surface area (Å²) in [5.41, 5.74) is 2.47. The minimum absolute atomic E-state index is 0.228. The fourth-order valence-electron chi connectivity index (χ4n) is 4.56. The van der Waals surface area contributed by atoms with Gasteiger partial charge in [0.25, 0.3) is 0 Å². The molecule has 0 aromatic heterocycles. The number of amides is 2. The smallest absolute Gasteiger partial charge is 0.414 e. The van der Waals surface area contributed by atoms with Gasteiger partial charge in [0.2, 0.25) is 0 Å². The summed E-state index contributed by atoms with van der Waals surface area (Å²) in [7, 11) is 1.37. The number of nitrogens with one attached hydrogen (secondary N) is 1. The first-order valence-electron chi connectivity index (χ1n) is 12.0. The Kier molecular flexibility index (Phi) is 8.59. The summed E-state index contributed by atoms with van der Waals surface area (Å²) in [6.45, 7) is 12.9. The Balaban J connectivity index is 1.85. The van der Waals surface area contributed by atoms with Gasteiger partial charge < -0.3 is 19.5 Å². The first-order valence-corrected chi connectivity index (χ1v) is 12.0. The third kappa shape index (κ3) is 5.98. The second kappa shape index (κ2) is 11.2. The molecule has 2 unspecified atom stereocenters. The number of benzene rings is 1. The van der Waals surface area contributed by atoms with Crippen molar-refractivity contribution in [3.8, 4) is 0 Å². The van der Waals surface area contributed by atoms with Gasteiger partial charge >= 0.3 is 12.2 Å². The first kappa shape index (κ1) is 25.3. The molecule has 2 amide bonds. The summed E-state index contributed by atoms with van der Waals surface area (Å²) in [6, 6.07) is 6.18.